The maximum absolute atomic E-state index is 12.5. The number of benzene rings is 1. The molecule has 1 aromatic carbocycles. The normalized spacial score (nSPS) is 11.8. The number of halogens is 3. The topological polar surface area (TPSA) is 21.3 Å². The van der Waals surface area contributed by atoms with Crippen molar-refractivity contribution in [3.05, 3.63) is 35.4 Å². The van der Waals surface area contributed by atoms with Gasteiger partial charge in [0.1, 0.15) is 0 Å². The average Bonchev–Trinajstić information content (AvgIpc) is 2.37. The lowest BCUT2D eigenvalue weighted by Gasteiger charge is -2.09. The van der Waals surface area contributed by atoms with Crippen LogP contribution in [-0.4, -0.2) is 19.8 Å². The van der Waals surface area contributed by atoms with Crippen molar-refractivity contribution in [3.8, 4) is 0 Å². The van der Waals surface area contributed by atoms with Gasteiger partial charge in [-0.1, -0.05) is 25.1 Å². The Morgan fingerprint density at radius 1 is 1.21 bits per heavy atom. The second-order valence-corrected chi connectivity index (χ2v) is 4.34. The van der Waals surface area contributed by atoms with Crippen molar-refractivity contribution in [1.82, 2.24) is 5.32 Å². The molecule has 0 aliphatic rings. The molecule has 0 fully saturated rings. The molecule has 0 bridgehead atoms. The largest absolute Gasteiger partial charge is 0.416 e. The van der Waals surface area contributed by atoms with Crippen LogP contribution in [0.5, 0.6) is 0 Å². The molecule has 0 unspecified atom stereocenters. The fourth-order valence-corrected chi connectivity index (χ4v) is 1.64. The van der Waals surface area contributed by atoms with E-state index in [2.05, 4.69) is 5.32 Å². The van der Waals surface area contributed by atoms with Crippen molar-refractivity contribution in [2.24, 2.45) is 0 Å². The highest BCUT2D eigenvalue weighted by atomic mass is 19.4. The molecule has 1 aromatic rings. The van der Waals surface area contributed by atoms with E-state index in [0.29, 0.717) is 18.7 Å². The summed E-state index contributed by atoms with van der Waals surface area (Å²) in [6.45, 7) is 4.67. The lowest BCUT2D eigenvalue weighted by Crippen LogP contribution is -2.17. The third-order valence-electron chi connectivity index (χ3n) is 2.57. The first kappa shape index (κ1) is 16.0. The minimum absolute atomic E-state index is 0.442. The molecule has 0 radical (unpaired) electrons. The van der Waals surface area contributed by atoms with Crippen molar-refractivity contribution in [3.63, 3.8) is 0 Å². The Morgan fingerprint density at radius 2 is 2.00 bits per heavy atom. The van der Waals surface area contributed by atoms with Gasteiger partial charge in [-0.05, 0) is 31.0 Å². The van der Waals surface area contributed by atoms with Gasteiger partial charge in [-0.15, -0.1) is 0 Å². The maximum atomic E-state index is 12.5. The first-order valence-corrected chi connectivity index (χ1v) is 6.48. The van der Waals surface area contributed by atoms with E-state index in [1.54, 1.807) is 6.07 Å². The van der Waals surface area contributed by atoms with Crippen LogP contribution >= 0.6 is 0 Å². The summed E-state index contributed by atoms with van der Waals surface area (Å²) in [4.78, 5) is 0. The van der Waals surface area contributed by atoms with Gasteiger partial charge in [-0.25, -0.2) is 0 Å². The van der Waals surface area contributed by atoms with Gasteiger partial charge in [0.05, 0.1) is 5.56 Å². The third kappa shape index (κ3) is 6.59. The number of hydrogen-bond acceptors (Lipinski definition) is 2. The second-order valence-electron chi connectivity index (χ2n) is 4.34. The molecule has 108 valence electrons. The Labute approximate surface area is 112 Å². The molecule has 0 saturated heterocycles. The molecule has 1 rings (SSSR count). The third-order valence-corrected chi connectivity index (χ3v) is 2.57. The number of nitrogens with one attached hydrogen (secondary N) is 1. The first-order valence-electron chi connectivity index (χ1n) is 6.48. The predicted molar refractivity (Wildman–Crippen MR) is 68.9 cm³/mol. The van der Waals surface area contributed by atoms with E-state index in [4.69, 9.17) is 4.74 Å². The molecule has 5 heteroatoms. The summed E-state index contributed by atoms with van der Waals surface area (Å²) >= 11 is 0. The van der Waals surface area contributed by atoms with E-state index in [1.165, 1.54) is 12.1 Å². The fraction of sp³-hybridized carbons (Fsp3) is 0.571. The van der Waals surface area contributed by atoms with Gasteiger partial charge in [0.2, 0.25) is 0 Å². The summed E-state index contributed by atoms with van der Waals surface area (Å²) < 4.78 is 42.8. The van der Waals surface area contributed by atoms with E-state index in [1.807, 2.05) is 6.92 Å². The predicted octanol–water partition coefficient (Wildman–Crippen LogP) is 3.61. The number of rotatable bonds is 8. The Bertz CT molecular complexity index is 366. The Balaban J connectivity index is 2.26. The quantitative estimate of drug-likeness (QED) is 0.732. The highest BCUT2D eigenvalue weighted by molar-refractivity contribution is 5.25. The zero-order chi connectivity index (χ0) is 14.1. The van der Waals surface area contributed by atoms with Gasteiger partial charge >= 0.3 is 6.18 Å². The number of hydrogen-bond donors (Lipinski definition) is 1. The van der Waals surface area contributed by atoms with E-state index in [-0.39, 0.29) is 0 Å². The van der Waals surface area contributed by atoms with E-state index in [9.17, 15) is 13.2 Å². The molecule has 0 saturated carbocycles. The van der Waals surface area contributed by atoms with Gasteiger partial charge < -0.3 is 10.1 Å². The van der Waals surface area contributed by atoms with Gasteiger partial charge in [0.25, 0.3) is 0 Å². The number of alkyl halides is 3. The van der Waals surface area contributed by atoms with Crippen LogP contribution in [0.15, 0.2) is 24.3 Å². The molecular formula is C14H20F3NO. The molecule has 0 aliphatic heterocycles. The van der Waals surface area contributed by atoms with Crippen LogP contribution in [0.25, 0.3) is 0 Å². The monoisotopic (exact) mass is 275 g/mol. The van der Waals surface area contributed by atoms with Crippen LogP contribution in [0.1, 0.15) is 30.9 Å². The van der Waals surface area contributed by atoms with Crippen LogP contribution < -0.4 is 5.32 Å². The smallest absolute Gasteiger partial charge is 0.381 e. The Morgan fingerprint density at radius 3 is 2.68 bits per heavy atom. The minimum Gasteiger partial charge on any atom is -0.381 e. The fourth-order valence-electron chi connectivity index (χ4n) is 1.64. The highest BCUT2D eigenvalue weighted by Crippen LogP contribution is 2.29. The molecule has 0 atom stereocenters. The summed E-state index contributed by atoms with van der Waals surface area (Å²) in [6.07, 6.45) is -2.42. The van der Waals surface area contributed by atoms with Crippen LogP contribution in [0.4, 0.5) is 13.2 Å². The summed E-state index contributed by atoms with van der Waals surface area (Å²) in [7, 11) is 0. The van der Waals surface area contributed by atoms with Crippen molar-refractivity contribution in [1.29, 1.82) is 0 Å². The minimum atomic E-state index is -4.27. The van der Waals surface area contributed by atoms with Crippen LogP contribution in [0, 0.1) is 0 Å². The molecular weight excluding hydrogens is 255 g/mol. The molecule has 19 heavy (non-hydrogen) atoms. The first-order chi connectivity index (χ1) is 9.04. The van der Waals surface area contributed by atoms with Gasteiger partial charge in [0, 0.05) is 19.8 Å². The van der Waals surface area contributed by atoms with E-state index in [0.717, 1.165) is 32.1 Å². The molecule has 2 nitrogen and oxygen atoms in total. The Kier molecular flexibility index (Phi) is 6.87. The lowest BCUT2D eigenvalue weighted by atomic mass is 10.1. The Hall–Kier alpha value is -1.07. The summed E-state index contributed by atoms with van der Waals surface area (Å²) in [5, 5.41) is 3.11. The molecule has 1 N–H and O–H groups in total. The lowest BCUT2D eigenvalue weighted by molar-refractivity contribution is -0.137. The van der Waals surface area contributed by atoms with E-state index >= 15 is 0 Å². The zero-order valence-electron chi connectivity index (χ0n) is 11.1. The van der Waals surface area contributed by atoms with Crippen molar-refractivity contribution in [2.75, 3.05) is 19.8 Å². The van der Waals surface area contributed by atoms with Crippen molar-refractivity contribution < 1.29 is 17.9 Å². The molecule has 0 heterocycles. The second kappa shape index (κ2) is 8.17. The SMILES string of the molecule is CCCOCCCNCc1cccc(C(F)(F)F)c1. The van der Waals surface area contributed by atoms with Crippen LogP contribution in [-0.2, 0) is 17.5 Å². The maximum Gasteiger partial charge on any atom is 0.416 e. The van der Waals surface area contributed by atoms with Gasteiger partial charge in [0.15, 0.2) is 0 Å². The van der Waals surface area contributed by atoms with Gasteiger partial charge in [-0.3, -0.25) is 0 Å². The molecule has 0 aliphatic carbocycles. The van der Waals surface area contributed by atoms with Crippen molar-refractivity contribution >= 4 is 0 Å². The van der Waals surface area contributed by atoms with Crippen LogP contribution in [0.2, 0.25) is 0 Å². The van der Waals surface area contributed by atoms with Crippen molar-refractivity contribution in [2.45, 2.75) is 32.5 Å². The summed E-state index contributed by atoms with van der Waals surface area (Å²) in [6, 6.07) is 5.39. The van der Waals surface area contributed by atoms with Crippen LogP contribution in [0.3, 0.4) is 0 Å². The zero-order valence-corrected chi connectivity index (χ0v) is 11.1. The molecule has 0 aromatic heterocycles. The van der Waals surface area contributed by atoms with E-state index < -0.39 is 11.7 Å². The molecule has 0 amide bonds. The summed E-state index contributed by atoms with van der Waals surface area (Å²) in [5.74, 6) is 0. The summed E-state index contributed by atoms with van der Waals surface area (Å²) in [5.41, 5.74) is 0.0439. The highest BCUT2D eigenvalue weighted by Gasteiger charge is 2.30. The standard InChI is InChI=1S/C14H20F3NO/c1-2-8-19-9-4-7-18-11-12-5-3-6-13(10-12)14(15,16)17/h3,5-6,10,18H,2,4,7-9,11H2,1H3. The average molecular weight is 275 g/mol. The van der Waals surface area contributed by atoms with Gasteiger partial charge in [-0.2, -0.15) is 13.2 Å². The molecule has 0 spiro atoms. The number of ether oxygens (including phenoxy) is 1.